The van der Waals surface area contributed by atoms with E-state index in [9.17, 15) is 9.59 Å². The van der Waals surface area contributed by atoms with Gasteiger partial charge in [-0.2, -0.15) is 0 Å². The standard InChI is InChI=1S/C17H13BrN2O3/c1-23-12-6-7-15-13(8-12)14(9-19-15)16(21)17(22)20-11-4-2-10(18)3-5-11/h2-9,19H,1H3,(H,20,22). The third-order valence-electron chi connectivity index (χ3n) is 3.44. The van der Waals surface area contributed by atoms with Gasteiger partial charge in [0.05, 0.1) is 12.7 Å². The van der Waals surface area contributed by atoms with Crippen LogP contribution in [0, 0.1) is 0 Å². The highest BCUT2D eigenvalue weighted by molar-refractivity contribution is 9.10. The first-order valence-electron chi connectivity index (χ1n) is 6.85. The molecule has 0 aliphatic carbocycles. The molecule has 3 rings (SSSR count). The minimum Gasteiger partial charge on any atom is -0.497 e. The minimum absolute atomic E-state index is 0.313. The second kappa shape index (κ2) is 6.26. The number of rotatable bonds is 4. The number of ketones is 1. The maximum absolute atomic E-state index is 12.4. The number of hydrogen-bond acceptors (Lipinski definition) is 3. The van der Waals surface area contributed by atoms with Crippen molar-refractivity contribution >= 4 is 44.2 Å². The number of halogens is 1. The predicted octanol–water partition coefficient (Wildman–Crippen LogP) is 3.76. The summed E-state index contributed by atoms with van der Waals surface area (Å²) in [6.07, 6.45) is 1.54. The topological polar surface area (TPSA) is 71.2 Å². The zero-order chi connectivity index (χ0) is 16.4. The van der Waals surface area contributed by atoms with Crippen LogP contribution in [0.5, 0.6) is 5.75 Å². The molecule has 0 spiro atoms. The fourth-order valence-electron chi connectivity index (χ4n) is 2.26. The largest absolute Gasteiger partial charge is 0.497 e. The molecule has 1 amide bonds. The molecule has 1 heterocycles. The molecule has 2 N–H and O–H groups in total. The molecule has 0 unspecified atom stereocenters. The average Bonchev–Trinajstić information content (AvgIpc) is 2.99. The van der Waals surface area contributed by atoms with Gasteiger partial charge in [0, 0.05) is 27.3 Å². The molecule has 1 aromatic heterocycles. The molecular weight excluding hydrogens is 360 g/mol. The first kappa shape index (κ1) is 15.3. The van der Waals surface area contributed by atoms with Gasteiger partial charge in [-0.3, -0.25) is 9.59 Å². The van der Waals surface area contributed by atoms with Crippen molar-refractivity contribution in [3.8, 4) is 5.75 Å². The van der Waals surface area contributed by atoms with Gasteiger partial charge in [-0.1, -0.05) is 15.9 Å². The molecule has 116 valence electrons. The molecule has 5 nitrogen and oxygen atoms in total. The summed E-state index contributed by atoms with van der Waals surface area (Å²) in [6, 6.07) is 12.3. The SMILES string of the molecule is COc1ccc2[nH]cc(C(=O)C(=O)Nc3ccc(Br)cc3)c2c1. The van der Waals surface area contributed by atoms with Gasteiger partial charge < -0.3 is 15.0 Å². The summed E-state index contributed by atoms with van der Waals surface area (Å²) >= 11 is 3.32. The minimum atomic E-state index is -0.684. The van der Waals surface area contributed by atoms with Crippen molar-refractivity contribution in [2.75, 3.05) is 12.4 Å². The summed E-state index contributed by atoms with van der Waals surface area (Å²) in [5, 5.41) is 3.25. The zero-order valence-corrected chi connectivity index (χ0v) is 13.8. The van der Waals surface area contributed by atoms with E-state index in [1.807, 2.05) is 0 Å². The Balaban J connectivity index is 1.87. The quantitative estimate of drug-likeness (QED) is 0.540. The molecule has 0 atom stereocenters. The number of nitrogens with one attached hydrogen (secondary N) is 2. The van der Waals surface area contributed by atoms with Crippen LogP contribution >= 0.6 is 15.9 Å². The lowest BCUT2D eigenvalue weighted by atomic mass is 10.1. The van der Waals surface area contributed by atoms with Gasteiger partial charge in [0.15, 0.2) is 0 Å². The van der Waals surface area contributed by atoms with Crippen LogP contribution < -0.4 is 10.1 Å². The number of carbonyl (C=O) groups is 2. The van der Waals surface area contributed by atoms with E-state index in [1.165, 1.54) is 6.20 Å². The van der Waals surface area contributed by atoms with Crippen LogP contribution in [0.3, 0.4) is 0 Å². The van der Waals surface area contributed by atoms with Crippen LogP contribution in [0.15, 0.2) is 53.1 Å². The molecule has 2 aromatic carbocycles. The third-order valence-corrected chi connectivity index (χ3v) is 3.97. The van der Waals surface area contributed by atoms with E-state index in [1.54, 1.807) is 49.6 Å². The van der Waals surface area contributed by atoms with Gasteiger partial charge in [0.25, 0.3) is 11.7 Å². The van der Waals surface area contributed by atoms with E-state index in [2.05, 4.69) is 26.2 Å². The van der Waals surface area contributed by atoms with E-state index in [-0.39, 0.29) is 0 Å². The van der Waals surface area contributed by atoms with Gasteiger partial charge in [-0.15, -0.1) is 0 Å². The van der Waals surface area contributed by atoms with Crippen LogP contribution in [0.25, 0.3) is 10.9 Å². The Morgan fingerprint density at radius 1 is 1.13 bits per heavy atom. The number of aromatic amines is 1. The first-order chi connectivity index (χ1) is 11.1. The zero-order valence-electron chi connectivity index (χ0n) is 12.2. The molecule has 23 heavy (non-hydrogen) atoms. The number of hydrogen-bond donors (Lipinski definition) is 2. The second-order valence-corrected chi connectivity index (χ2v) is 5.82. The molecule has 3 aromatic rings. The van der Waals surface area contributed by atoms with Crippen molar-refractivity contribution in [1.82, 2.24) is 4.98 Å². The van der Waals surface area contributed by atoms with Crippen LogP contribution in [0.1, 0.15) is 10.4 Å². The normalized spacial score (nSPS) is 10.5. The molecule has 0 saturated heterocycles. The van der Waals surface area contributed by atoms with E-state index in [4.69, 9.17) is 4.74 Å². The molecular formula is C17H13BrN2O3. The van der Waals surface area contributed by atoms with Crippen molar-refractivity contribution in [1.29, 1.82) is 0 Å². The van der Waals surface area contributed by atoms with E-state index in [0.29, 0.717) is 22.4 Å². The molecule has 0 bridgehead atoms. The van der Waals surface area contributed by atoms with Crippen molar-refractivity contribution < 1.29 is 14.3 Å². The number of aromatic nitrogens is 1. The number of ether oxygens (including phenoxy) is 1. The fraction of sp³-hybridized carbons (Fsp3) is 0.0588. The highest BCUT2D eigenvalue weighted by Gasteiger charge is 2.20. The monoisotopic (exact) mass is 372 g/mol. The predicted molar refractivity (Wildman–Crippen MR) is 92.0 cm³/mol. The van der Waals surface area contributed by atoms with Gasteiger partial charge in [-0.25, -0.2) is 0 Å². The number of anilines is 1. The third kappa shape index (κ3) is 3.12. The number of carbonyl (C=O) groups excluding carboxylic acids is 2. The van der Waals surface area contributed by atoms with Crippen LogP contribution in [-0.4, -0.2) is 23.8 Å². The maximum atomic E-state index is 12.4. The smallest absolute Gasteiger partial charge is 0.296 e. The highest BCUT2D eigenvalue weighted by Crippen LogP contribution is 2.24. The Morgan fingerprint density at radius 3 is 2.57 bits per heavy atom. The number of methoxy groups -OCH3 is 1. The van der Waals surface area contributed by atoms with Crippen molar-refractivity contribution in [3.63, 3.8) is 0 Å². The van der Waals surface area contributed by atoms with E-state index < -0.39 is 11.7 Å². The Bertz CT molecular complexity index is 884. The Labute approximate surface area is 140 Å². The van der Waals surface area contributed by atoms with Crippen LogP contribution in [0.4, 0.5) is 5.69 Å². The summed E-state index contributed by atoms with van der Waals surface area (Å²) in [7, 11) is 1.55. The number of fused-ring (bicyclic) bond motifs is 1. The molecule has 0 saturated carbocycles. The first-order valence-corrected chi connectivity index (χ1v) is 7.64. The lowest BCUT2D eigenvalue weighted by Crippen LogP contribution is -2.22. The number of benzene rings is 2. The van der Waals surface area contributed by atoms with Gasteiger partial charge in [-0.05, 0) is 42.5 Å². The van der Waals surface area contributed by atoms with Crippen molar-refractivity contribution in [2.45, 2.75) is 0 Å². The Hall–Kier alpha value is -2.60. The van der Waals surface area contributed by atoms with Crippen molar-refractivity contribution in [3.05, 3.63) is 58.7 Å². The summed E-state index contributed by atoms with van der Waals surface area (Å²) in [5.41, 5.74) is 1.64. The fourth-order valence-corrected chi connectivity index (χ4v) is 2.52. The molecule has 6 heteroatoms. The average molecular weight is 373 g/mol. The van der Waals surface area contributed by atoms with Crippen LogP contribution in [-0.2, 0) is 4.79 Å². The second-order valence-electron chi connectivity index (χ2n) is 4.90. The molecule has 0 aliphatic heterocycles. The lowest BCUT2D eigenvalue weighted by Gasteiger charge is -2.04. The van der Waals surface area contributed by atoms with Gasteiger partial charge in [0.2, 0.25) is 0 Å². The number of H-pyrrole nitrogens is 1. The van der Waals surface area contributed by atoms with E-state index >= 15 is 0 Å². The highest BCUT2D eigenvalue weighted by atomic mass is 79.9. The summed E-state index contributed by atoms with van der Waals surface area (Å²) in [6.45, 7) is 0. The van der Waals surface area contributed by atoms with Crippen molar-refractivity contribution in [2.24, 2.45) is 0 Å². The van der Waals surface area contributed by atoms with Gasteiger partial charge in [0.1, 0.15) is 5.75 Å². The van der Waals surface area contributed by atoms with Crippen LogP contribution in [0.2, 0.25) is 0 Å². The lowest BCUT2D eigenvalue weighted by molar-refractivity contribution is -0.112. The van der Waals surface area contributed by atoms with Gasteiger partial charge >= 0.3 is 0 Å². The Kier molecular flexibility index (Phi) is 4.16. The molecule has 0 aliphatic rings. The Morgan fingerprint density at radius 2 is 1.87 bits per heavy atom. The number of amides is 1. The molecule has 0 radical (unpaired) electrons. The summed E-state index contributed by atoms with van der Waals surface area (Å²) in [5.74, 6) is -0.664. The maximum Gasteiger partial charge on any atom is 0.296 e. The summed E-state index contributed by atoms with van der Waals surface area (Å²) < 4.78 is 6.06. The molecule has 0 fully saturated rings. The summed E-state index contributed by atoms with van der Waals surface area (Å²) in [4.78, 5) is 27.6. The van der Waals surface area contributed by atoms with E-state index in [0.717, 1.165) is 9.99 Å². The number of Topliss-reactive ketones (excluding diaryl/α,β-unsaturated/α-hetero) is 1.